The van der Waals surface area contributed by atoms with Crippen LogP contribution in [0.2, 0.25) is 0 Å². The van der Waals surface area contributed by atoms with Gasteiger partial charge in [-0.25, -0.2) is 0 Å². The van der Waals surface area contributed by atoms with Crippen molar-refractivity contribution in [3.05, 3.63) is 23.8 Å². The maximum atomic E-state index is 11.3. The lowest BCUT2D eigenvalue weighted by atomic mass is 9.70. The van der Waals surface area contributed by atoms with Gasteiger partial charge in [-0.2, -0.15) is 0 Å². The topological polar surface area (TPSA) is 17.1 Å². The number of carbonyl (C=O) groups excluding carboxylic acids is 1. The molecule has 1 aliphatic rings. The van der Waals surface area contributed by atoms with Gasteiger partial charge in [0.25, 0.3) is 0 Å². The molecule has 0 saturated carbocycles. The molecule has 0 aromatic heterocycles. The molecule has 2 atom stereocenters. The minimum Gasteiger partial charge on any atom is -0.300 e. The van der Waals surface area contributed by atoms with Crippen molar-refractivity contribution in [1.82, 2.24) is 0 Å². The molecule has 0 N–H and O–H groups in total. The fraction of sp³-hybridized carbons (Fsp3) is 0.643. The fourth-order valence-corrected chi connectivity index (χ4v) is 2.10. The molecule has 0 bridgehead atoms. The Morgan fingerprint density at radius 1 is 1.53 bits per heavy atom. The molecule has 15 heavy (non-hydrogen) atoms. The summed E-state index contributed by atoms with van der Waals surface area (Å²) in [6.45, 7) is 8.56. The van der Waals surface area contributed by atoms with E-state index in [1.165, 1.54) is 5.57 Å². The van der Waals surface area contributed by atoms with Gasteiger partial charge in [-0.05, 0) is 24.7 Å². The number of hydrogen-bond donors (Lipinski definition) is 0. The molecule has 0 fully saturated rings. The largest absolute Gasteiger partial charge is 0.300 e. The van der Waals surface area contributed by atoms with E-state index in [2.05, 4.69) is 39.0 Å². The highest BCUT2D eigenvalue weighted by Crippen LogP contribution is 2.39. The van der Waals surface area contributed by atoms with Crippen LogP contribution >= 0.6 is 0 Å². The van der Waals surface area contributed by atoms with Crippen LogP contribution < -0.4 is 0 Å². The normalized spacial score (nSPS) is 30.1. The highest BCUT2D eigenvalue weighted by molar-refractivity contribution is 5.78. The third-order valence-electron chi connectivity index (χ3n) is 3.58. The smallest absolute Gasteiger partial charge is 0.132 e. The summed E-state index contributed by atoms with van der Waals surface area (Å²) in [4.78, 5) is 11.3. The molecular formula is C14H22O. The standard InChI is InChI=1S/C14H22O/c1-5-13(15)8-9-14(4)10-11(2)6-7-12(14)3/h6-7,10,12H,5,8-9H2,1-4H3. The number of hydrogen-bond acceptors (Lipinski definition) is 1. The molecule has 0 radical (unpaired) electrons. The Morgan fingerprint density at radius 3 is 2.80 bits per heavy atom. The average Bonchev–Trinajstić information content (AvgIpc) is 2.21. The predicted octanol–water partition coefficient (Wildman–Crippen LogP) is 3.90. The van der Waals surface area contributed by atoms with Crippen molar-refractivity contribution in [3.8, 4) is 0 Å². The molecule has 0 amide bonds. The van der Waals surface area contributed by atoms with E-state index in [0.717, 1.165) is 12.8 Å². The summed E-state index contributed by atoms with van der Waals surface area (Å²) in [6, 6.07) is 0. The monoisotopic (exact) mass is 206 g/mol. The Hall–Kier alpha value is -0.850. The number of allylic oxidation sites excluding steroid dienone is 4. The van der Waals surface area contributed by atoms with Crippen molar-refractivity contribution in [1.29, 1.82) is 0 Å². The van der Waals surface area contributed by atoms with E-state index >= 15 is 0 Å². The first-order valence-electron chi connectivity index (χ1n) is 5.87. The van der Waals surface area contributed by atoms with Gasteiger partial charge in [0.15, 0.2) is 0 Å². The highest BCUT2D eigenvalue weighted by Gasteiger charge is 2.29. The third kappa shape index (κ3) is 3.05. The molecular weight excluding hydrogens is 184 g/mol. The molecule has 1 rings (SSSR count). The van der Waals surface area contributed by atoms with Crippen LogP contribution in [0.1, 0.15) is 47.0 Å². The molecule has 0 aromatic rings. The lowest BCUT2D eigenvalue weighted by Crippen LogP contribution is -2.25. The Labute approximate surface area is 93.3 Å². The molecule has 1 heteroatoms. The van der Waals surface area contributed by atoms with Gasteiger partial charge >= 0.3 is 0 Å². The Balaban J connectivity index is 2.65. The van der Waals surface area contributed by atoms with Crippen LogP contribution in [0.25, 0.3) is 0 Å². The summed E-state index contributed by atoms with van der Waals surface area (Å²) in [6.07, 6.45) is 9.11. The van der Waals surface area contributed by atoms with Crippen LogP contribution in [0, 0.1) is 11.3 Å². The molecule has 0 aliphatic heterocycles. The van der Waals surface area contributed by atoms with Gasteiger partial charge in [-0.3, -0.25) is 4.79 Å². The van der Waals surface area contributed by atoms with E-state index in [-0.39, 0.29) is 5.41 Å². The molecule has 1 nitrogen and oxygen atoms in total. The van der Waals surface area contributed by atoms with Gasteiger partial charge in [-0.15, -0.1) is 0 Å². The quantitative estimate of drug-likeness (QED) is 0.681. The van der Waals surface area contributed by atoms with Crippen LogP contribution in [-0.4, -0.2) is 5.78 Å². The average molecular weight is 206 g/mol. The van der Waals surface area contributed by atoms with E-state index in [1.54, 1.807) is 0 Å². The second-order valence-corrected chi connectivity index (χ2v) is 4.93. The number of rotatable bonds is 4. The zero-order chi connectivity index (χ0) is 11.5. The molecule has 0 aromatic carbocycles. The summed E-state index contributed by atoms with van der Waals surface area (Å²) in [5.41, 5.74) is 1.49. The summed E-state index contributed by atoms with van der Waals surface area (Å²) >= 11 is 0. The van der Waals surface area contributed by atoms with Crippen molar-refractivity contribution in [2.75, 3.05) is 0 Å². The number of ketones is 1. The molecule has 1 aliphatic carbocycles. The molecule has 2 unspecified atom stereocenters. The van der Waals surface area contributed by atoms with Crippen LogP contribution in [0.15, 0.2) is 23.8 Å². The van der Waals surface area contributed by atoms with Gasteiger partial charge < -0.3 is 0 Å². The minimum atomic E-state index is 0.170. The second-order valence-electron chi connectivity index (χ2n) is 4.93. The SMILES string of the molecule is CCC(=O)CCC1(C)C=C(C)C=CC1C. The van der Waals surface area contributed by atoms with Crippen molar-refractivity contribution in [2.45, 2.75) is 47.0 Å². The Bertz CT molecular complexity index is 298. The van der Waals surface area contributed by atoms with Crippen molar-refractivity contribution < 1.29 is 4.79 Å². The summed E-state index contributed by atoms with van der Waals surface area (Å²) in [7, 11) is 0. The van der Waals surface area contributed by atoms with E-state index in [4.69, 9.17) is 0 Å². The van der Waals surface area contributed by atoms with Gasteiger partial charge in [-0.1, -0.05) is 44.6 Å². The zero-order valence-corrected chi connectivity index (χ0v) is 10.3. The molecule has 0 spiro atoms. The van der Waals surface area contributed by atoms with Gasteiger partial charge in [0, 0.05) is 12.8 Å². The summed E-state index contributed by atoms with van der Waals surface area (Å²) in [5, 5.41) is 0. The lowest BCUT2D eigenvalue weighted by Gasteiger charge is -2.34. The van der Waals surface area contributed by atoms with Crippen molar-refractivity contribution in [2.24, 2.45) is 11.3 Å². The van der Waals surface area contributed by atoms with Crippen molar-refractivity contribution >= 4 is 5.78 Å². The fourth-order valence-electron chi connectivity index (χ4n) is 2.10. The van der Waals surface area contributed by atoms with Crippen LogP contribution in [-0.2, 0) is 4.79 Å². The van der Waals surface area contributed by atoms with E-state index in [1.807, 2.05) is 6.92 Å². The van der Waals surface area contributed by atoms with Gasteiger partial charge in [0.2, 0.25) is 0 Å². The van der Waals surface area contributed by atoms with Crippen LogP contribution in [0.4, 0.5) is 0 Å². The second kappa shape index (κ2) is 4.78. The minimum absolute atomic E-state index is 0.170. The summed E-state index contributed by atoms with van der Waals surface area (Å²) < 4.78 is 0. The van der Waals surface area contributed by atoms with Crippen LogP contribution in [0.5, 0.6) is 0 Å². The van der Waals surface area contributed by atoms with Crippen molar-refractivity contribution in [3.63, 3.8) is 0 Å². The Morgan fingerprint density at radius 2 is 2.20 bits per heavy atom. The number of carbonyl (C=O) groups is 1. The van der Waals surface area contributed by atoms with Gasteiger partial charge in [0.1, 0.15) is 5.78 Å². The van der Waals surface area contributed by atoms with E-state index in [9.17, 15) is 4.79 Å². The van der Waals surface area contributed by atoms with E-state index in [0.29, 0.717) is 18.1 Å². The lowest BCUT2D eigenvalue weighted by molar-refractivity contribution is -0.119. The summed E-state index contributed by atoms with van der Waals surface area (Å²) in [5.74, 6) is 0.912. The highest BCUT2D eigenvalue weighted by atomic mass is 16.1. The van der Waals surface area contributed by atoms with E-state index < -0.39 is 0 Å². The zero-order valence-electron chi connectivity index (χ0n) is 10.3. The van der Waals surface area contributed by atoms with Crippen LogP contribution in [0.3, 0.4) is 0 Å². The molecule has 0 saturated heterocycles. The van der Waals surface area contributed by atoms with Gasteiger partial charge in [0.05, 0.1) is 0 Å². The first-order valence-corrected chi connectivity index (χ1v) is 5.87. The maximum absolute atomic E-state index is 11.3. The number of Topliss-reactive ketones (excluding diaryl/α,β-unsaturated/α-hetero) is 1. The Kier molecular flexibility index (Phi) is 3.90. The molecule has 84 valence electrons. The third-order valence-corrected chi connectivity index (χ3v) is 3.58. The first kappa shape index (κ1) is 12.2. The maximum Gasteiger partial charge on any atom is 0.132 e. The molecule has 0 heterocycles. The predicted molar refractivity (Wildman–Crippen MR) is 64.7 cm³/mol. The first-order chi connectivity index (χ1) is 6.98.